The lowest BCUT2D eigenvalue weighted by Gasteiger charge is -2.20. The molecule has 0 rings (SSSR count). The second-order valence-corrected chi connectivity index (χ2v) is 5.63. The molecule has 0 spiro atoms. The summed E-state index contributed by atoms with van der Waals surface area (Å²) in [6, 6.07) is 0. The Morgan fingerprint density at radius 3 is 1.79 bits per heavy atom. The maximum absolute atomic E-state index is 2.63. The van der Waals surface area contributed by atoms with E-state index in [1.807, 2.05) is 0 Å². The molecule has 0 heterocycles. The van der Waals surface area contributed by atoms with Crippen molar-refractivity contribution >= 4 is 0 Å². The summed E-state index contributed by atoms with van der Waals surface area (Å²) in [4.78, 5) is 2.63. The molecule has 0 aromatic rings. The van der Waals surface area contributed by atoms with Crippen LogP contribution in [0.15, 0.2) is 12.2 Å². The van der Waals surface area contributed by atoms with E-state index in [9.17, 15) is 0 Å². The normalized spacial score (nSPS) is 11.8. The Labute approximate surface area is 122 Å². The Balaban J connectivity index is 3.26. The lowest BCUT2D eigenvalue weighted by Crippen LogP contribution is -2.26. The van der Waals surface area contributed by atoms with Crippen LogP contribution in [0.5, 0.6) is 0 Å². The van der Waals surface area contributed by atoms with Gasteiger partial charge in [0.1, 0.15) is 0 Å². The minimum atomic E-state index is 1.19. The van der Waals surface area contributed by atoms with Gasteiger partial charge in [0.2, 0.25) is 0 Å². The molecule has 0 aliphatic heterocycles. The lowest BCUT2D eigenvalue weighted by atomic mass is 10.1. The SMILES string of the molecule is CCC=CCCCCCCCCN(CCC)CCC. The molecular weight excluding hydrogens is 230 g/mol. The summed E-state index contributed by atoms with van der Waals surface area (Å²) < 4.78 is 0. The van der Waals surface area contributed by atoms with Gasteiger partial charge in [0.15, 0.2) is 0 Å². The Morgan fingerprint density at radius 2 is 1.21 bits per heavy atom. The molecule has 19 heavy (non-hydrogen) atoms. The average Bonchev–Trinajstić information content (AvgIpc) is 2.41. The van der Waals surface area contributed by atoms with Crippen molar-refractivity contribution in [3.05, 3.63) is 12.2 Å². The third kappa shape index (κ3) is 13.9. The van der Waals surface area contributed by atoms with Crippen molar-refractivity contribution in [3.8, 4) is 0 Å². The van der Waals surface area contributed by atoms with E-state index in [-0.39, 0.29) is 0 Å². The van der Waals surface area contributed by atoms with Crippen molar-refractivity contribution in [2.45, 2.75) is 85.0 Å². The zero-order valence-corrected chi connectivity index (χ0v) is 13.8. The molecule has 0 aliphatic carbocycles. The van der Waals surface area contributed by atoms with Crippen LogP contribution in [0.1, 0.15) is 85.0 Å². The predicted octanol–water partition coefficient (Wildman–Crippen LogP) is 5.81. The van der Waals surface area contributed by atoms with E-state index in [0.717, 1.165) is 0 Å². The Hall–Kier alpha value is -0.300. The topological polar surface area (TPSA) is 3.24 Å². The largest absolute Gasteiger partial charge is 0.303 e. The molecule has 0 saturated heterocycles. The quantitative estimate of drug-likeness (QED) is 0.284. The highest BCUT2D eigenvalue weighted by Gasteiger charge is 2.01. The number of allylic oxidation sites excluding steroid dienone is 2. The monoisotopic (exact) mass is 267 g/mol. The molecule has 0 unspecified atom stereocenters. The molecule has 0 aromatic carbocycles. The highest BCUT2D eigenvalue weighted by Crippen LogP contribution is 2.08. The smallest absolute Gasteiger partial charge is 0.00187 e. The van der Waals surface area contributed by atoms with Crippen LogP contribution >= 0.6 is 0 Å². The third-order valence-electron chi connectivity index (χ3n) is 3.58. The van der Waals surface area contributed by atoms with Crippen molar-refractivity contribution in [3.63, 3.8) is 0 Å². The predicted molar refractivity (Wildman–Crippen MR) is 88.8 cm³/mol. The minimum Gasteiger partial charge on any atom is -0.303 e. The fourth-order valence-electron chi connectivity index (χ4n) is 2.56. The summed E-state index contributed by atoms with van der Waals surface area (Å²) in [6.45, 7) is 10.7. The molecule has 0 aromatic heterocycles. The van der Waals surface area contributed by atoms with Crippen molar-refractivity contribution in [2.75, 3.05) is 19.6 Å². The van der Waals surface area contributed by atoms with E-state index < -0.39 is 0 Å². The van der Waals surface area contributed by atoms with Gasteiger partial charge >= 0.3 is 0 Å². The summed E-state index contributed by atoms with van der Waals surface area (Å²) in [7, 11) is 0. The first-order valence-corrected chi connectivity index (χ1v) is 8.72. The molecule has 0 atom stereocenters. The van der Waals surface area contributed by atoms with Crippen LogP contribution in [0.2, 0.25) is 0 Å². The average molecular weight is 268 g/mol. The standard InChI is InChI=1S/C18H37N/c1-4-7-8-9-10-11-12-13-14-15-18-19(16-5-2)17-6-3/h7-8H,4-6,9-18H2,1-3H3. The third-order valence-corrected chi connectivity index (χ3v) is 3.58. The van der Waals surface area contributed by atoms with Gasteiger partial charge in [-0.3, -0.25) is 0 Å². The van der Waals surface area contributed by atoms with Gasteiger partial charge in [-0.05, 0) is 58.2 Å². The van der Waals surface area contributed by atoms with E-state index >= 15 is 0 Å². The molecule has 114 valence electrons. The van der Waals surface area contributed by atoms with Gasteiger partial charge in [0, 0.05) is 0 Å². The molecule has 0 bridgehead atoms. The molecule has 0 amide bonds. The van der Waals surface area contributed by atoms with Crippen LogP contribution in [0, 0.1) is 0 Å². The van der Waals surface area contributed by atoms with Crippen molar-refractivity contribution < 1.29 is 0 Å². The molecule has 0 fully saturated rings. The van der Waals surface area contributed by atoms with Crippen LogP contribution in [-0.4, -0.2) is 24.5 Å². The number of nitrogens with zero attached hydrogens (tertiary/aromatic N) is 1. The Morgan fingerprint density at radius 1 is 0.632 bits per heavy atom. The summed E-state index contributed by atoms with van der Waals surface area (Å²) in [6.07, 6.45) is 18.2. The van der Waals surface area contributed by atoms with Crippen LogP contribution < -0.4 is 0 Å². The summed E-state index contributed by atoms with van der Waals surface area (Å²) in [5, 5.41) is 0. The van der Waals surface area contributed by atoms with Crippen molar-refractivity contribution in [1.29, 1.82) is 0 Å². The van der Waals surface area contributed by atoms with E-state index in [1.54, 1.807) is 0 Å². The zero-order valence-electron chi connectivity index (χ0n) is 13.8. The maximum Gasteiger partial charge on any atom is -0.00187 e. The minimum absolute atomic E-state index is 1.19. The highest BCUT2D eigenvalue weighted by molar-refractivity contribution is 4.79. The maximum atomic E-state index is 2.63. The molecule has 0 aliphatic rings. The number of hydrogen-bond acceptors (Lipinski definition) is 1. The number of rotatable bonds is 14. The second kappa shape index (κ2) is 15.8. The van der Waals surface area contributed by atoms with Gasteiger partial charge in [-0.15, -0.1) is 0 Å². The molecule has 1 heteroatoms. The van der Waals surface area contributed by atoms with Crippen LogP contribution in [0.25, 0.3) is 0 Å². The van der Waals surface area contributed by atoms with Crippen LogP contribution in [0.3, 0.4) is 0 Å². The second-order valence-electron chi connectivity index (χ2n) is 5.63. The first-order valence-electron chi connectivity index (χ1n) is 8.72. The first kappa shape index (κ1) is 18.7. The van der Waals surface area contributed by atoms with Gasteiger partial charge in [0.05, 0.1) is 0 Å². The number of hydrogen-bond donors (Lipinski definition) is 0. The Kier molecular flexibility index (Phi) is 15.5. The van der Waals surface area contributed by atoms with Gasteiger partial charge < -0.3 is 4.90 Å². The summed E-state index contributed by atoms with van der Waals surface area (Å²) in [5.41, 5.74) is 0. The van der Waals surface area contributed by atoms with Crippen LogP contribution in [0.4, 0.5) is 0 Å². The van der Waals surface area contributed by atoms with Crippen LogP contribution in [-0.2, 0) is 0 Å². The van der Waals surface area contributed by atoms with E-state index in [4.69, 9.17) is 0 Å². The molecule has 0 radical (unpaired) electrons. The van der Waals surface area contributed by atoms with Crippen molar-refractivity contribution in [1.82, 2.24) is 4.90 Å². The molecule has 0 N–H and O–H groups in total. The fraction of sp³-hybridized carbons (Fsp3) is 0.889. The molecule has 1 nitrogen and oxygen atoms in total. The fourth-order valence-corrected chi connectivity index (χ4v) is 2.56. The lowest BCUT2D eigenvalue weighted by molar-refractivity contribution is 0.267. The van der Waals surface area contributed by atoms with Gasteiger partial charge in [0.25, 0.3) is 0 Å². The number of unbranched alkanes of at least 4 members (excludes halogenated alkanes) is 6. The first-order chi connectivity index (χ1) is 9.35. The van der Waals surface area contributed by atoms with Gasteiger partial charge in [-0.2, -0.15) is 0 Å². The molecular formula is C18H37N. The van der Waals surface area contributed by atoms with Gasteiger partial charge in [-0.25, -0.2) is 0 Å². The zero-order chi connectivity index (χ0) is 14.2. The summed E-state index contributed by atoms with van der Waals surface area (Å²) in [5.74, 6) is 0. The van der Waals surface area contributed by atoms with Gasteiger partial charge in [-0.1, -0.05) is 58.6 Å². The summed E-state index contributed by atoms with van der Waals surface area (Å²) >= 11 is 0. The van der Waals surface area contributed by atoms with Crippen molar-refractivity contribution in [2.24, 2.45) is 0 Å². The van der Waals surface area contributed by atoms with E-state index in [2.05, 4.69) is 37.8 Å². The molecule has 0 saturated carbocycles. The highest BCUT2D eigenvalue weighted by atomic mass is 15.1. The van der Waals surface area contributed by atoms with E-state index in [0.29, 0.717) is 0 Å². The van der Waals surface area contributed by atoms with E-state index in [1.165, 1.54) is 83.8 Å². The Bertz CT molecular complexity index is 180.